The molecule has 0 aliphatic carbocycles. The first-order chi connectivity index (χ1) is 15.4. The first-order valence-electron chi connectivity index (χ1n) is 9.80. The Hall–Kier alpha value is -3.17. The van der Waals surface area contributed by atoms with Crippen LogP contribution in [0, 0.1) is 5.82 Å². The molecule has 0 fully saturated rings. The molecule has 0 unspecified atom stereocenters. The van der Waals surface area contributed by atoms with E-state index in [1.165, 1.54) is 30.4 Å². The molecular formula is C22H19ClFN3O4S. The number of fused-ring (bicyclic) bond motifs is 1. The maximum absolute atomic E-state index is 14.4. The zero-order valence-corrected chi connectivity index (χ0v) is 18.6. The summed E-state index contributed by atoms with van der Waals surface area (Å²) in [6.45, 7) is 2.39. The van der Waals surface area contributed by atoms with Crippen LogP contribution in [0.4, 0.5) is 15.2 Å². The van der Waals surface area contributed by atoms with Gasteiger partial charge in [0.2, 0.25) is 11.8 Å². The number of hydrogen-bond donors (Lipinski definition) is 2. The number of rotatable bonds is 5. The summed E-state index contributed by atoms with van der Waals surface area (Å²) in [5.74, 6) is -0.0955. The molecule has 166 valence electrons. The molecule has 7 nitrogen and oxygen atoms in total. The molecule has 2 amide bonds. The minimum atomic E-state index is -0.527. The SMILES string of the molecule is CC(=O)Nc1ccc(-c2csc(NC(=O)Cc3cc(Cl)c4c(c3)OCCCO4)n2)c(F)c1. The molecule has 3 aromatic rings. The highest BCUT2D eigenvalue weighted by Gasteiger charge is 2.18. The number of hydrogen-bond acceptors (Lipinski definition) is 6. The van der Waals surface area contributed by atoms with Crippen LogP contribution < -0.4 is 20.1 Å². The van der Waals surface area contributed by atoms with E-state index in [1.807, 2.05) is 0 Å². The first-order valence-corrected chi connectivity index (χ1v) is 11.1. The quantitative estimate of drug-likeness (QED) is 0.547. The van der Waals surface area contributed by atoms with E-state index in [4.69, 9.17) is 21.1 Å². The maximum atomic E-state index is 14.4. The summed E-state index contributed by atoms with van der Waals surface area (Å²) in [7, 11) is 0. The van der Waals surface area contributed by atoms with Crippen LogP contribution in [0.25, 0.3) is 11.3 Å². The number of amides is 2. The molecule has 4 rings (SSSR count). The second-order valence-electron chi connectivity index (χ2n) is 7.09. The van der Waals surface area contributed by atoms with Gasteiger partial charge in [0.25, 0.3) is 0 Å². The third-order valence-electron chi connectivity index (χ3n) is 4.54. The topological polar surface area (TPSA) is 89.6 Å². The summed E-state index contributed by atoms with van der Waals surface area (Å²) in [4.78, 5) is 27.9. The number of aromatic nitrogens is 1. The van der Waals surface area contributed by atoms with Crippen molar-refractivity contribution in [3.8, 4) is 22.8 Å². The van der Waals surface area contributed by atoms with Gasteiger partial charge in [-0.25, -0.2) is 9.37 Å². The van der Waals surface area contributed by atoms with Crippen molar-refractivity contribution in [2.75, 3.05) is 23.8 Å². The summed E-state index contributed by atoms with van der Waals surface area (Å²) < 4.78 is 25.7. The predicted octanol–water partition coefficient (Wildman–Crippen LogP) is 4.90. The van der Waals surface area contributed by atoms with Crippen molar-refractivity contribution in [1.29, 1.82) is 0 Å². The normalized spacial score (nSPS) is 12.7. The lowest BCUT2D eigenvalue weighted by Gasteiger charge is -2.11. The van der Waals surface area contributed by atoms with E-state index in [9.17, 15) is 14.0 Å². The molecule has 0 spiro atoms. The van der Waals surface area contributed by atoms with Gasteiger partial charge >= 0.3 is 0 Å². The van der Waals surface area contributed by atoms with Gasteiger partial charge in [-0.15, -0.1) is 11.3 Å². The van der Waals surface area contributed by atoms with Crippen molar-refractivity contribution < 1.29 is 23.5 Å². The highest BCUT2D eigenvalue weighted by atomic mass is 35.5. The van der Waals surface area contributed by atoms with Gasteiger partial charge in [-0.2, -0.15) is 0 Å². The van der Waals surface area contributed by atoms with Crippen LogP contribution in [0.3, 0.4) is 0 Å². The molecule has 0 saturated heterocycles. The summed E-state index contributed by atoms with van der Waals surface area (Å²) in [6.07, 6.45) is 0.814. The van der Waals surface area contributed by atoms with Crippen LogP contribution in [-0.2, 0) is 16.0 Å². The Balaban J connectivity index is 1.44. The predicted molar refractivity (Wildman–Crippen MR) is 121 cm³/mol. The molecule has 2 aromatic carbocycles. The van der Waals surface area contributed by atoms with Gasteiger partial charge in [0.1, 0.15) is 5.82 Å². The molecule has 1 aromatic heterocycles. The lowest BCUT2D eigenvalue weighted by Crippen LogP contribution is -2.14. The summed E-state index contributed by atoms with van der Waals surface area (Å²) >= 11 is 7.47. The first kappa shape index (κ1) is 22.0. The Morgan fingerprint density at radius 2 is 2.00 bits per heavy atom. The van der Waals surface area contributed by atoms with E-state index < -0.39 is 5.82 Å². The number of halogens is 2. The van der Waals surface area contributed by atoms with E-state index in [0.29, 0.717) is 51.8 Å². The molecular weight excluding hydrogens is 457 g/mol. The fourth-order valence-electron chi connectivity index (χ4n) is 3.19. The number of thiazole rings is 1. The van der Waals surface area contributed by atoms with Crippen LogP contribution in [-0.4, -0.2) is 30.0 Å². The number of nitrogens with one attached hydrogen (secondary N) is 2. The van der Waals surface area contributed by atoms with Crippen LogP contribution in [0.2, 0.25) is 5.02 Å². The number of anilines is 2. The molecule has 10 heteroatoms. The number of carbonyl (C=O) groups excluding carboxylic acids is 2. The van der Waals surface area contributed by atoms with Crippen molar-refractivity contribution in [2.24, 2.45) is 0 Å². The summed E-state index contributed by atoms with van der Waals surface area (Å²) in [5, 5.41) is 7.63. The molecule has 2 N–H and O–H groups in total. The molecule has 32 heavy (non-hydrogen) atoms. The van der Waals surface area contributed by atoms with Gasteiger partial charge in [0, 0.05) is 30.0 Å². The Bertz CT molecular complexity index is 1180. The van der Waals surface area contributed by atoms with Crippen LogP contribution in [0.15, 0.2) is 35.7 Å². The fourth-order valence-corrected chi connectivity index (χ4v) is 4.21. The van der Waals surface area contributed by atoms with E-state index in [2.05, 4.69) is 15.6 Å². The van der Waals surface area contributed by atoms with E-state index in [1.54, 1.807) is 23.6 Å². The van der Waals surface area contributed by atoms with Gasteiger partial charge in [0.05, 0.1) is 30.4 Å². The van der Waals surface area contributed by atoms with E-state index in [-0.39, 0.29) is 23.8 Å². The number of carbonyl (C=O) groups is 2. The smallest absolute Gasteiger partial charge is 0.230 e. The fraction of sp³-hybridized carbons (Fsp3) is 0.227. The van der Waals surface area contributed by atoms with E-state index in [0.717, 1.165) is 6.42 Å². The molecule has 0 saturated carbocycles. The average Bonchev–Trinajstić information content (AvgIpc) is 3.03. The minimum absolute atomic E-state index is 0.0606. The monoisotopic (exact) mass is 475 g/mol. The molecule has 0 radical (unpaired) electrons. The van der Waals surface area contributed by atoms with Crippen molar-refractivity contribution in [1.82, 2.24) is 4.98 Å². The summed E-state index contributed by atoms with van der Waals surface area (Å²) in [6, 6.07) is 7.76. The second kappa shape index (κ2) is 9.54. The number of ether oxygens (including phenoxy) is 2. The lowest BCUT2D eigenvalue weighted by atomic mass is 10.1. The zero-order valence-electron chi connectivity index (χ0n) is 17.0. The van der Waals surface area contributed by atoms with Crippen molar-refractivity contribution in [2.45, 2.75) is 19.8 Å². The van der Waals surface area contributed by atoms with Crippen LogP contribution in [0.5, 0.6) is 11.5 Å². The highest BCUT2D eigenvalue weighted by molar-refractivity contribution is 7.14. The number of benzene rings is 2. The largest absolute Gasteiger partial charge is 0.489 e. The lowest BCUT2D eigenvalue weighted by molar-refractivity contribution is -0.116. The standard InChI is InChI=1S/C22H19ClFN3O4S/c1-12(28)25-14-3-4-15(17(24)10-14)18-11-32-22(26-18)27-20(29)9-13-7-16(23)21-19(8-13)30-5-2-6-31-21/h3-4,7-8,10-11H,2,5-6,9H2,1H3,(H,25,28)(H,26,27,29). The molecule has 0 bridgehead atoms. The van der Waals surface area contributed by atoms with Crippen molar-refractivity contribution in [3.63, 3.8) is 0 Å². The van der Waals surface area contributed by atoms with Crippen molar-refractivity contribution in [3.05, 3.63) is 52.1 Å². The van der Waals surface area contributed by atoms with Gasteiger partial charge in [-0.05, 0) is 35.9 Å². The van der Waals surface area contributed by atoms with Gasteiger partial charge in [-0.3, -0.25) is 9.59 Å². The summed E-state index contributed by atoms with van der Waals surface area (Å²) in [5.41, 5.74) is 1.69. The van der Waals surface area contributed by atoms with Gasteiger partial charge < -0.3 is 20.1 Å². The van der Waals surface area contributed by atoms with Crippen LogP contribution >= 0.6 is 22.9 Å². The second-order valence-corrected chi connectivity index (χ2v) is 8.36. The molecule has 1 aliphatic heterocycles. The van der Waals surface area contributed by atoms with Gasteiger partial charge in [0.15, 0.2) is 16.6 Å². The molecule has 2 heterocycles. The Morgan fingerprint density at radius 1 is 1.19 bits per heavy atom. The molecule has 0 atom stereocenters. The highest BCUT2D eigenvalue weighted by Crippen LogP contribution is 2.38. The van der Waals surface area contributed by atoms with E-state index >= 15 is 0 Å². The van der Waals surface area contributed by atoms with Gasteiger partial charge in [-0.1, -0.05) is 11.6 Å². The Kier molecular flexibility index (Phi) is 6.57. The Labute approximate surface area is 192 Å². The molecule has 1 aliphatic rings. The zero-order chi connectivity index (χ0) is 22.7. The maximum Gasteiger partial charge on any atom is 0.230 e. The third kappa shape index (κ3) is 5.17. The Morgan fingerprint density at radius 3 is 2.78 bits per heavy atom. The number of nitrogens with zero attached hydrogens (tertiary/aromatic N) is 1. The average molecular weight is 476 g/mol. The van der Waals surface area contributed by atoms with Crippen LogP contribution in [0.1, 0.15) is 18.9 Å². The minimum Gasteiger partial charge on any atom is -0.489 e. The van der Waals surface area contributed by atoms with Crippen molar-refractivity contribution >= 4 is 45.6 Å². The third-order valence-corrected chi connectivity index (χ3v) is 5.58.